The Labute approximate surface area is 286 Å². The van der Waals surface area contributed by atoms with E-state index in [0.717, 1.165) is 10.5 Å². The Balaban J connectivity index is 1.33. The summed E-state index contributed by atoms with van der Waals surface area (Å²) in [5, 5.41) is 20.0. The van der Waals surface area contributed by atoms with Gasteiger partial charge in [-0.1, -0.05) is 59.6 Å². The Morgan fingerprint density at radius 3 is 2.49 bits per heavy atom. The molecule has 8 rings (SSSR count). The number of rotatable bonds is 6. The van der Waals surface area contributed by atoms with Gasteiger partial charge in [-0.05, 0) is 66.3 Å². The second-order valence-corrected chi connectivity index (χ2v) is 13.8. The summed E-state index contributed by atoms with van der Waals surface area (Å²) in [7, 11) is 0. The molecule has 11 heteroatoms. The van der Waals surface area contributed by atoms with Crippen LogP contribution in [0.2, 0.25) is 5.02 Å². The van der Waals surface area contributed by atoms with Crippen LogP contribution in [0.1, 0.15) is 30.4 Å². The van der Waals surface area contributed by atoms with Gasteiger partial charge in [0.1, 0.15) is 11.5 Å². The lowest BCUT2D eigenvalue weighted by molar-refractivity contribution is -0.142. The standard InChI is InChI=1S/C38H31ClN2O8/c39-23-7-4-8-24(17-23)41-35(46)29-18-28-26(10-11-27-32(28)36(47)40(34(27)45)14-13-31(43)44)33(38(29,37(41)48)22-5-2-1-3-6-22)21-15-20-16-25(42)9-12-30(20)49-19-21/h1-10,12,16-17,19,27-29,32-33,42H,11,13-15,18H2,(H,43,44)/t27-,28+,29-,32-,33-,38+/m0/s1. The van der Waals surface area contributed by atoms with Crippen LogP contribution in [0.4, 0.5) is 5.69 Å². The number of ether oxygens (including phenoxy) is 1. The fourth-order valence-corrected chi connectivity index (χ4v) is 9.24. The minimum atomic E-state index is -1.45. The van der Waals surface area contributed by atoms with E-state index in [1.165, 1.54) is 11.0 Å². The topological polar surface area (TPSA) is 142 Å². The van der Waals surface area contributed by atoms with Gasteiger partial charge in [0.2, 0.25) is 23.6 Å². The Morgan fingerprint density at radius 1 is 0.939 bits per heavy atom. The van der Waals surface area contributed by atoms with Crippen molar-refractivity contribution in [3.63, 3.8) is 0 Å². The molecule has 5 aliphatic rings. The minimum absolute atomic E-state index is 0.0521. The summed E-state index contributed by atoms with van der Waals surface area (Å²) < 4.78 is 6.13. The van der Waals surface area contributed by atoms with Gasteiger partial charge < -0.3 is 14.9 Å². The van der Waals surface area contributed by atoms with E-state index in [1.54, 1.807) is 42.7 Å². The summed E-state index contributed by atoms with van der Waals surface area (Å²) in [4.78, 5) is 71.4. The maximum Gasteiger partial charge on any atom is 0.305 e. The molecule has 3 fully saturated rings. The molecule has 4 amide bonds. The van der Waals surface area contributed by atoms with Crippen molar-refractivity contribution < 1.29 is 38.9 Å². The molecule has 49 heavy (non-hydrogen) atoms. The summed E-state index contributed by atoms with van der Waals surface area (Å²) in [6, 6.07) is 20.6. The number of halogens is 1. The third-order valence-corrected chi connectivity index (χ3v) is 11.2. The number of phenols is 1. The zero-order valence-corrected chi connectivity index (χ0v) is 26.9. The lowest BCUT2D eigenvalue weighted by atomic mass is 9.48. The fourth-order valence-electron chi connectivity index (χ4n) is 9.05. The van der Waals surface area contributed by atoms with Gasteiger partial charge in [-0.3, -0.25) is 28.9 Å². The van der Waals surface area contributed by atoms with E-state index >= 15 is 4.79 Å². The Morgan fingerprint density at radius 2 is 1.73 bits per heavy atom. The molecule has 0 bridgehead atoms. The fraction of sp³-hybridized carbons (Fsp3) is 0.289. The number of allylic oxidation sites excluding steroid dienone is 3. The molecule has 0 aromatic heterocycles. The number of phenolic OH excluding ortho intramolecular Hbond substituents is 1. The van der Waals surface area contributed by atoms with Gasteiger partial charge in [0.15, 0.2) is 0 Å². The zero-order valence-electron chi connectivity index (χ0n) is 26.1. The SMILES string of the molecule is O=C(O)CCN1C(=O)[C@H]2[C@H](CC=C3[C@H](C4=COc5ccc(O)cc5C4)[C@]4(c5ccccc5)C(=O)N(c5cccc(Cl)c5)C(=O)[C@@H]4C[C@H]32)C1=O. The lowest BCUT2D eigenvalue weighted by Crippen LogP contribution is -2.55. The minimum Gasteiger partial charge on any atom is -0.508 e. The molecule has 2 saturated heterocycles. The molecule has 0 spiro atoms. The highest BCUT2D eigenvalue weighted by molar-refractivity contribution is 6.32. The number of imide groups is 2. The van der Waals surface area contributed by atoms with Gasteiger partial charge in [0.25, 0.3) is 0 Å². The first-order chi connectivity index (χ1) is 23.6. The van der Waals surface area contributed by atoms with Crippen molar-refractivity contribution in [3.8, 4) is 11.5 Å². The number of anilines is 1. The van der Waals surface area contributed by atoms with Crippen molar-refractivity contribution >= 4 is 46.9 Å². The summed E-state index contributed by atoms with van der Waals surface area (Å²) >= 11 is 6.37. The number of hydrogen-bond donors (Lipinski definition) is 2. The number of carboxylic acids is 1. The highest BCUT2D eigenvalue weighted by atomic mass is 35.5. The van der Waals surface area contributed by atoms with Crippen LogP contribution in [0.5, 0.6) is 11.5 Å². The quantitative estimate of drug-likeness (QED) is 0.273. The van der Waals surface area contributed by atoms with Crippen LogP contribution in [0, 0.1) is 29.6 Å². The van der Waals surface area contributed by atoms with Gasteiger partial charge in [0.05, 0.1) is 41.5 Å². The molecular formula is C38H31ClN2O8. The van der Waals surface area contributed by atoms with Crippen molar-refractivity contribution in [2.24, 2.45) is 29.6 Å². The monoisotopic (exact) mass is 678 g/mol. The van der Waals surface area contributed by atoms with Crippen LogP contribution in [-0.2, 0) is 35.8 Å². The van der Waals surface area contributed by atoms with E-state index in [9.17, 15) is 29.4 Å². The van der Waals surface area contributed by atoms with Crippen LogP contribution in [0.25, 0.3) is 0 Å². The van der Waals surface area contributed by atoms with E-state index in [0.29, 0.717) is 39.6 Å². The summed E-state index contributed by atoms with van der Waals surface area (Å²) in [6.07, 6.45) is 3.83. The van der Waals surface area contributed by atoms with E-state index in [-0.39, 0.29) is 31.6 Å². The highest BCUT2D eigenvalue weighted by Gasteiger charge is 2.70. The number of hydrogen-bond acceptors (Lipinski definition) is 7. The van der Waals surface area contributed by atoms with Gasteiger partial charge in [-0.25, -0.2) is 4.90 Å². The van der Waals surface area contributed by atoms with E-state index in [2.05, 4.69) is 0 Å². The molecule has 2 aliphatic carbocycles. The van der Waals surface area contributed by atoms with Crippen LogP contribution in [-0.4, -0.2) is 51.3 Å². The van der Waals surface area contributed by atoms with Crippen LogP contribution in [0.15, 0.2) is 96.3 Å². The van der Waals surface area contributed by atoms with Crippen molar-refractivity contribution in [3.05, 3.63) is 112 Å². The number of carbonyl (C=O) groups is 5. The third kappa shape index (κ3) is 4.57. The van der Waals surface area contributed by atoms with Gasteiger partial charge >= 0.3 is 5.97 Å². The molecule has 3 heterocycles. The summed E-state index contributed by atoms with van der Waals surface area (Å²) in [5.41, 5.74) is 1.67. The van der Waals surface area contributed by atoms with Crippen molar-refractivity contribution in [2.75, 3.05) is 11.4 Å². The Kier molecular flexibility index (Phi) is 7.26. The molecule has 1 saturated carbocycles. The Bertz CT molecular complexity index is 2020. The maximum atomic E-state index is 15.3. The van der Waals surface area contributed by atoms with E-state index < -0.39 is 64.6 Å². The highest BCUT2D eigenvalue weighted by Crippen LogP contribution is 2.63. The molecule has 248 valence electrons. The average molecular weight is 679 g/mol. The van der Waals surface area contributed by atoms with Gasteiger partial charge in [-0.15, -0.1) is 0 Å². The largest absolute Gasteiger partial charge is 0.508 e. The van der Waals surface area contributed by atoms with Gasteiger partial charge in [0, 0.05) is 29.5 Å². The summed E-state index contributed by atoms with van der Waals surface area (Å²) in [5.74, 6) is -6.04. The number of aliphatic carboxylic acids is 1. The second kappa shape index (κ2) is 11.4. The van der Waals surface area contributed by atoms with Crippen LogP contribution in [0.3, 0.4) is 0 Å². The van der Waals surface area contributed by atoms with Crippen molar-refractivity contribution in [1.82, 2.24) is 4.90 Å². The van der Waals surface area contributed by atoms with Crippen LogP contribution >= 0.6 is 11.6 Å². The normalized spacial score (nSPS) is 28.6. The molecule has 3 aliphatic heterocycles. The number of fused-ring (bicyclic) bond motifs is 5. The van der Waals surface area contributed by atoms with E-state index in [1.807, 2.05) is 36.4 Å². The predicted molar refractivity (Wildman–Crippen MR) is 176 cm³/mol. The lowest BCUT2D eigenvalue weighted by Gasteiger charge is -2.51. The first kappa shape index (κ1) is 31.1. The number of likely N-dealkylation sites (tertiary alicyclic amines) is 1. The number of amides is 4. The van der Waals surface area contributed by atoms with Crippen molar-refractivity contribution in [2.45, 2.75) is 31.1 Å². The van der Waals surface area contributed by atoms with Crippen molar-refractivity contribution in [1.29, 1.82) is 0 Å². The molecule has 0 radical (unpaired) electrons. The molecule has 3 aromatic carbocycles. The van der Waals surface area contributed by atoms with Gasteiger partial charge in [-0.2, -0.15) is 0 Å². The number of nitrogens with zero attached hydrogens (tertiary/aromatic N) is 2. The first-order valence-electron chi connectivity index (χ1n) is 16.2. The second-order valence-electron chi connectivity index (χ2n) is 13.3. The van der Waals surface area contributed by atoms with Crippen LogP contribution < -0.4 is 9.64 Å². The molecule has 10 nitrogen and oxygen atoms in total. The number of aromatic hydroxyl groups is 1. The number of carboxylic acid groups (broad SMARTS) is 1. The molecular weight excluding hydrogens is 648 g/mol. The number of carbonyl (C=O) groups excluding carboxylic acids is 4. The molecule has 0 unspecified atom stereocenters. The molecule has 3 aromatic rings. The third-order valence-electron chi connectivity index (χ3n) is 11.0. The zero-order chi connectivity index (χ0) is 34.2. The first-order valence-corrected chi connectivity index (χ1v) is 16.6. The maximum absolute atomic E-state index is 15.3. The average Bonchev–Trinajstić information content (AvgIpc) is 3.47. The van der Waals surface area contributed by atoms with E-state index in [4.69, 9.17) is 16.3 Å². The smallest absolute Gasteiger partial charge is 0.305 e. The molecule has 6 atom stereocenters. The molecule has 2 N–H and O–H groups in total. The number of benzene rings is 3. The summed E-state index contributed by atoms with van der Waals surface area (Å²) in [6.45, 7) is -0.234. The predicted octanol–water partition coefficient (Wildman–Crippen LogP) is 5.03. The Hall–Kier alpha value is -5.22.